The van der Waals surface area contributed by atoms with Gasteiger partial charge in [-0.05, 0) is 35.4 Å². The third-order valence-electron chi connectivity index (χ3n) is 6.26. The number of amides is 2. The molecule has 2 aliphatic rings. The van der Waals surface area contributed by atoms with E-state index >= 15 is 0 Å². The van der Waals surface area contributed by atoms with Gasteiger partial charge in [0.1, 0.15) is 5.82 Å². The first-order valence-corrected chi connectivity index (χ1v) is 11.8. The number of alkyl halides is 3. The molecule has 1 aromatic heterocycles. The average molecular weight is 505 g/mol. The maximum atomic E-state index is 14.7. The molecule has 0 atom stereocenters. The van der Waals surface area contributed by atoms with Gasteiger partial charge in [0.15, 0.2) is 5.01 Å². The molecule has 5 rings (SSSR count). The van der Waals surface area contributed by atoms with Gasteiger partial charge in [-0.15, -0.1) is 11.3 Å². The highest BCUT2D eigenvalue weighted by atomic mass is 32.1. The lowest BCUT2D eigenvalue weighted by Gasteiger charge is -2.51. The molecule has 3 heterocycles. The van der Waals surface area contributed by atoms with Crippen molar-refractivity contribution in [3.05, 3.63) is 76.0 Å². The van der Waals surface area contributed by atoms with Crippen LogP contribution in [0, 0.1) is 5.82 Å². The number of thiazole rings is 1. The quantitative estimate of drug-likeness (QED) is 0.536. The van der Waals surface area contributed by atoms with Gasteiger partial charge in [-0.25, -0.2) is 9.37 Å². The van der Waals surface area contributed by atoms with Gasteiger partial charge in [0.25, 0.3) is 11.8 Å². The predicted octanol–water partition coefficient (Wildman–Crippen LogP) is 3.91. The normalized spacial score (nSPS) is 17.1. The Morgan fingerprint density at radius 1 is 1.03 bits per heavy atom. The summed E-state index contributed by atoms with van der Waals surface area (Å²) in [5.41, 5.74) is -0.455. The Morgan fingerprint density at radius 2 is 1.77 bits per heavy atom. The molecule has 0 bridgehead atoms. The Balaban J connectivity index is 1.15. The van der Waals surface area contributed by atoms with Crippen LogP contribution in [0.25, 0.3) is 11.1 Å². The van der Waals surface area contributed by atoms with Crippen molar-refractivity contribution in [1.29, 1.82) is 0 Å². The molecular weight excluding hydrogens is 484 g/mol. The number of benzene rings is 2. The van der Waals surface area contributed by atoms with Crippen LogP contribution >= 0.6 is 11.3 Å². The third kappa shape index (κ3) is 4.78. The summed E-state index contributed by atoms with van der Waals surface area (Å²) in [4.78, 5) is 32.5. The Morgan fingerprint density at radius 3 is 2.43 bits per heavy atom. The van der Waals surface area contributed by atoms with E-state index in [9.17, 15) is 27.2 Å². The second-order valence-electron chi connectivity index (χ2n) is 8.60. The van der Waals surface area contributed by atoms with Crippen molar-refractivity contribution >= 4 is 23.2 Å². The molecule has 2 saturated heterocycles. The maximum absolute atomic E-state index is 14.7. The maximum Gasteiger partial charge on any atom is 0.416 e. The highest BCUT2D eigenvalue weighted by Gasteiger charge is 2.41. The molecule has 0 aliphatic carbocycles. The summed E-state index contributed by atoms with van der Waals surface area (Å²) in [6.07, 6.45) is -2.92. The van der Waals surface area contributed by atoms with Gasteiger partial charge in [0.05, 0.1) is 17.2 Å². The minimum Gasteiger partial charge on any atom is -0.345 e. The molecule has 2 aliphatic heterocycles. The Labute approximate surface area is 202 Å². The number of carbonyl (C=O) groups is 2. The second kappa shape index (κ2) is 9.04. The van der Waals surface area contributed by atoms with E-state index in [0.29, 0.717) is 31.2 Å². The number of hydrogen-bond donors (Lipinski definition) is 1. The molecule has 0 radical (unpaired) electrons. The van der Waals surface area contributed by atoms with E-state index in [0.717, 1.165) is 18.2 Å². The molecule has 2 aromatic carbocycles. The van der Waals surface area contributed by atoms with Crippen molar-refractivity contribution in [2.24, 2.45) is 0 Å². The number of carbonyl (C=O) groups excluding carboxylic acids is 2. The molecule has 3 aromatic rings. The molecule has 0 unspecified atom stereocenters. The van der Waals surface area contributed by atoms with Gasteiger partial charge in [-0.2, -0.15) is 13.2 Å². The zero-order chi connectivity index (χ0) is 24.7. The van der Waals surface area contributed by atoms with Crippen LogP contribution in [0.4, 0.5) is 17.6 Å². The zero-order valence-corrected chi connectivity index (χ0v) is 19.1. The highest BCUT2D eigenvalue weighted by molar-refractivity contribution is 7.11. The Bertz CT molecular complexity index is 1250. The molecule has 6 nitrogen and oxygen atoms in total. The van der Waals surface area contributed by atoms with Crippen LogP contribution < -0.4 is 5.32 Å². The van der Waals surface area contributed by atoms with E-state index in [1.807, 2.05) is 0 Å². The highest BCUT2D eigenvalue weighted by Crippen LogP contribution is 2.33. The molecule has 0 spiro atoms. The van der Waals surface area contributed by atoms with Gasteiger partial charge < -0.3 is 10.2 Å². The minimum absolute atomic E-state index is 0.0250. The smallest absolute Gasteiger partial charge is 0.345 e. The van der Waals surface area contributed by atoms with Crippen molar-refractivity contribution < 1.29 is 27.2 Å². The zero-order valence-electron chi connectivity index (χ0n) is 18.3. The lowest BCUT2D eigenvalue weighted by molar-refractivity contribution is -0.137. The van der Waals surface area contributed by atoms with Gasteiger partial charge in [0, 0.05) is 43.8 Å². The third-order valence-corrected chi connectivity index (χ3v) is 7.03. The van der Waals surface area contributed by atoms with Gasteiger partial charge in [-0.3, -0.25) is 14.5 Å². The topological polar surface area (TPSA) is 65.5 Å². The number of aromatic nitrogens is 1. The first-order valence-electron chi connectivity index (χ1n) is 10.9. The number of halogens is 4. The van der Waals surface area contributed by atoms with Crippen LogP contribution in [0.5, 0.6) is 0 Å². The number of hydrogen-bond acceptors (Lipinski definition) is 5. The molecular formula is C24H20F4N4O2S. The predicted molar refractivity (Wildman–Crippen MR) is 121 cm³/mol. The fourth-order valence-electron chi connectivity index (χ4n) is 4.25. The van der Waals surface area contributed by atoms with E-state index in [1.54, 1.807) is 11.6 Å². The van der Waals surface area contributed by atoms with Crippen molar-refractivity contribution in [2.75, 3.05) is 26.2 Å². The summed E-state index contributed by atoms with van der Waals surface area (Å²) in [7, 11) is 0. The van der Waals surface area contributed by atoms with Gasteiger partial charge in [0.2, 0.25) is 0 Å². The van der Waals surface area contributed by atoms with Gasteiger partial charge >= 0.3 is 6.18 Å². The molecule has 2 amide bonds. The number of rotatable bonds is 5. The molecule has 2 fully saturated rings. The number of nitrogens with one attached hydrogen (secondary N) is 1. The van der Waals surface area contributed by atoms with E-state index in [-0.39, 0.29) is 34.7 Å². The van der Waals surface area contributed by atoms with Crippen LogP contribution in [-0.2, 0) is 6.18 Å². The SMILES string of the molecule is O=C(NC1CN(C2CN(C(=O)c3ccc(-c4cccc(C(F)(F)F)c4)cc3F)C2)C1)c1nccs1. The summed E-state index contributed by atoms with van der Waals surface area (Å²) in [5.74, 6) is -1.43. The fraction of sp³-hybridized carbons (Fsp3) is 0.292. The minimum atomic E-state index is -4.50. The monoisotopic (exact) mass is 504 g/mol. The van der Waals surface area contributed by atoms with Crippen LogP contribution in [0.15, 0.2) is 54.0 Å². The van der Waals surface area contributed by atoms with Crippen molar-refractivity contribution in [1.82, 2.24) is 20.1 Å². The number of nitrogens with zero attached hydrogens (tertiary/aromatic N) is 3. The summed E-state index contributed by atoms with van der Waals surface area (Å²) in [6, 6.07) is 8.65. The van der Waals surface area contributed by atoms with Crippen molar-refractivity contribution in [2.45, 2.75) is 18.3 Å². The summed E-state index contributed by atoms with van der Waals surface area (Å²) >= 11 is 1.28. The summed E-state index contributed by atoms with van der Waals surface area (Å²) in [6.45, 7) is 2.23. The van der Waals surface area contributed by atoms with E-state index in [4.69, 9.17) is 0 Å². The molecule has 0 saturated carbocycles. The standard InChI is InChI=1S/C24H20F4N4O2S/c25-20-9-15(14-2-1-3-16(8-14)24(26,27)28)4-5-19(20)23(34)32-12-18(13-32)31-10-17(11-31)30-21(33)22-29-6-7-35-22/h1-9,17-18H,10-13H2,(H,30,33). The summed E-state index contributed by atoms with van der Waals surface area (Å²) in [5, 5.41) is 5.09. The van der Waals surface area contributed by atoms with Crippen LogP contribution in [0.2, 0.25) is 0 Å². The van der Waals surface area contributed by atoms with Crippen LogP contribution in [-0.4, -0.2) is 64.9 Å². The first kappa shape index (κ1) is 23.4. The molecule has 11 heteroatoms. The summed E-state index contributed by atoms with van der Waals surface area (Å²) < 4.78 is 53.7. The van der Waals surface area contributed by atoms with Crippen LogP contribution in [0.3, 0.4) is 0 Å². The fourth-order valence-corrected chi connectivity index (χ4v) is 4.79. The van der Waals surface area contributed by atoms with Crippen molar-refractivity contribution in [3.63, 3.8) is 0 Å². The lowest BCUT2D eigenvalue weighted by atomic mass is 9.97. The number of likely N-dealkylation sites (tertiary alicyclic amines) is 2. The van der Waals surface area contributed by atoms with Crippen molar-refractivity contribution in [3.8, 4) is 11.1 Å². The second-order valence-corrected chi connectivity index (χ2v) is 9.49. The Hall–Kier alpha value is -3.31. The lowest BCUT2D eigenvalue weighted by Crippen LogP contribution is -2.70. The van der Waals surface area contributed by atoms with E-state index < -0.39 is 23.5 Å². The average Bonchev–Trinajstić information content (AvgIpc) is 3.30. The van der Waals surface area contributed by atoms with E-state index in [2.05, 4.69) is 15.2 Å². The first-order chi connectivity index (χ1) is 16.7. The van der Waals surface area contributed by atoms with E-state index in [1.165, 1.54) is 40.5 Å². The molecule has 1 N–H and O–H groups in total. The van der Waals surface area contributed by atoms with Gasteiger partial charge in [-0.1, -0.05) is 18.2 Å². The molecule has 182 valence electrons. The van der Waals surface area contributed by atoms with Crippen LogP contribution in [0.1, 0.15) is 25.7 Å². The Kier molecular flexibility index (Phi) is 6.06. The largest absolute Gasteiger partial charge is 0.416 e. The molecule has 35 heavy (non-hydrogen) atoms.